The van der Waals surface area contributed by atoms with Crippen LogP contribution >= 0.6 is 0 Å². The van der Waals surface area contributed by atoms with Crippen molar-refractivity contribution in [2.75, 3.05) is 13.1 Å². The lowest BCUT2D eigenvalue weighted by molar-refractivity contribution is -0.192. The maximum absolute atomic E-state index is 13.3. The van der Waals surface area contributed by atoms with E-state index in [0.29, 0.717) is 4.90 Å². The molecule has 0 radical (unpaired) electrons. The minimum atomic E-state index is -5.08. The van der Waals surface area contributed by atoms with Crippen LogP contribution < -0.4 is 0 Å². The van der Waals surface area contributed by atoms with Gasteiger partial charge in [0.05, 0.1) is 10.4 Å². The summed E-state index contributed by atoms with van der Waals surface area (Å²) in [6.45, 7) is 3.11. The predicted octanol–water partition coefficient (Wildman–Crippen LogP) is 4.87. The number of aromatic nitrogens is 1. The summed E-state index contributed by atoms with van der Waals surface area (Å²) < 4.78 is 59.8. The van der Waals surface area contributed by atoms with E-state index in [-0.39, 0.29) is 0 Å². The maximum atomic E-state index is 13.3. The Morgan fingerprint density at radius 2 is 1.62 bits per heavy atom. The van der Waals surface area contributed by atoms with Crippen molar-refractivity contribution in [2.45, 2.75) is 24.0 Å². The van der Waals surface area contributed by atoms with E-state index >= 15 is 0 Å². The second-order valence-electron chi connectivity index (χ2n) is 7.91. The number of likely N-dealkylation sites (tertiary alicyclic amines) is 1. The number of carbonyl (C=O) groups is 1. The van der Waals surface area contributed by atoms with Gasteiger partial charge in [0, 0.05) is 18.1 Å². The zero-order valence-electron chi connectivity index (χ0n) is 17.9. The van der Waals surface area contributed by atoms with Gasteiger partial charge < -0.3 is 5.11 Å². The third kappa shape index (κ3) is 4.78. The molecule has 1 aromatic heterocycles. The third-order valence-electron chi connectivity index (χ3n) is 5.65. The molecule has 0 aliphatic carbocycles. The number of rotatable bonds is 4. The largest absolute Gasteiger partial charge is 0.490 e. The fourth-order valence-electron chi connectivity index (χ4n) is 3.78. The highest BCUT2D eigenvalue weighted by molar-refractivity contribution is 7.90. The van der Waals surface area contributed by atoms with E-state index in [4.69, 9.17) is 9.90 Å². The van der Waals surface area contributed by atoms with E-state index in [0.717, 1.165) is 41.3 Å². The van der Waals surface area contributed by atoms with Crippen LogP contribution in [0.2, 0.25) is 0 Å². The quantitative estimate of drug-likeness (QED) is 0.442. The zero-order valence-corrected chi connectivity index (χ0v) is 18.7. The van der Waals surface area contributed by atoms with Crippen LogP contribution in [0.25, 0.3) is 21.7 Å². The number of alkyl halides is 3. The summed E-state index contributed by atoms with van der Waals surface area (Å²) in [6.07, 6.45) is -2.16. The highest BCUT2D eigenvalue weighted by Crippen LogP contribution is 2.28. The molecule has 0 amide bonds. The summed E-state index contributed by atoms with van der Waals surface area (Å²) in [5.41, 5.74) is 1.92. The molecule has 5 rings (SSSR count). The van der Waals surface area contributed by atoms with Gasteiger partial charge in [-0.15, -0.1) is 0 Å². The van der Waals surface area contributed by atoms with Crippen LogP contribution in [-0.4, -0.2) is 47.6 Å². The molecule has 1 aliphatic heterocycles. The summed E-state index contributed by atoms with van der Waals surface area (Å²) in [6, 6.07) is 20.9. The van der Waals surface area contributed by atoms with Crippen molar-refractivity contribution in [2.24, 2.45) is 0 Å². The number of carboxylic acids is 1. The van der Waals surface area contributed by atoms with Gasteiger partial charge in [-0.1, -0.05) is 42.5 Å². The number of nitrogens with zero attached hydrogens (tertiary/aromatic N) is 2. The molecule has 6 nitrogen and oxygen atoms in total. The first kappa shape index (κ1) is 23.8. The van der Waals surface area contributed by atoms with Crippen LogP contribution in [0.15, 0.2) is 77.8 Å². The molecule has 0 spiro atoms. The second-order valence-corrected chi connectivity index (χ2v) is 9.72. The molecular weight excluding hydrogens is 469 g/mol. The molecule has 1 saturated heterocycles. The van der Waals surface area contributed by atoms with E-state index in [1.807, 2.05) is 48.5 Å². The molecule has 34 heavy (non-hydrogen) atoms. The lowest BCUT2D eigenvalue weighted by atomic mass is 10.1. The summed E-state index contributed by atoms with van der Waals surface area (Å²) >= 11 is 0. The second kappa shape index (κ2) is 9.11. The van der Waals surface area contributed by atoms with Gasteiger partial charge in [0.1, 0.15) is 0 Å². The molecule has 1 N–H and O–H groups in total. The van der Waals surface area contributed by atoms with Crippen LogP contribution in [0.1, 0.15) is 12.0 Å². The molecular formula is C24H21F3N2O4S. The number of hydrogen-bond donors (Lipinski definition) is 1. The Bertz CT molecular complexity index is 1460. The first-order valence-electron chi connectivity index (χ1n) is 10.4. The fourth-order valence-corrected chi connectivity index (χ4v) is 5.16. The molecule has 2 heterocycles. The monoisotopic (exact) mass is 490 g/mol. The molecule has 1 aliphatic rings. The van der Waals surface area contributed by atoms with E-state index in [1.165, 1.54) is 16.0 Å². The topological polar surface area (TPSA) is 79.6 Å². The number of benzene rings is 3. The predicted molar refractivity (Wildman–Crippen MR) is 122 cm³/mol. The van der Waals surface area contributed by atoms with Gasteiger partial charge in [-0.25, -0.2) is 17.2 Å². The third-order valence-corrected chi connectivity index (χ3v) is 7.34. The van der Waals surface area contributed by atoms with Crippen molar-refractivity contribution in [1.29, 1.82) is 0 Å². The fraction of sp³-hybridized carbons (Fsp3) is 0.208. The van der Waals surface area contributed by atoms with Crippen LogP contribution in [-0.2, 0) is 21.4 Å². The molecule has 1 fully saturated rings. The Hall–Kier alpha value is -3.37. The Labute approximate surface area is 193 Å². The number of carboxylic acid groups (broad SMARTS) is 1. The first-order chi connectivity index (χ1) is 16.1. The lowest BCUT2D eigenvalue weighted by Crippen LogP contribution is -2.36. The number of hydrogen-bond acceptors (Lipinski definition) is 4. The van der Waals surface area contributed by atoms with E-state index < -0.39 is 22.2 Å². The maximum Gasteiger partial charge on any atom is 0.490 e. The van der Waals surface area contributed by atoms with Crippen molar-refractivity contribution in [3.05, 3.63) is 78.5 Å². The Balaban J connectivity index is 0.000000344. The van der Waals surface area contributed by atoms with E-state index in [2.05, 4.69) is 11.0 Å². The van der Waals surface area contributed by atoms with Gasteiger partial charge in [-0.3, -0.25) is 4.90 Å². The Kier molecular flexibility index (Phi) is 6.37. The van der Waals surface area contributed by atoms with E-state index in [1.54, 1.807) is 18.3 Å². The minimum absolute atomic E-state index is 0.312. The number of aliphatic carboxylic acids is 1. The van der Waals surface area contributed by atoms with Gasteiger partial charge >= 0.3 is 12.1 Å². The Morgan fingerprint density at radius 1 is 0.941 bits per heavy atom. The van der Waals surface area contributed by atoms with Crippen molar-refractivity contribution in [3.8, 4) is 0 Å². The highest BCUT2D eigenvalue weighted by atomic mass is 32.2. The average Bonchev–Trinajstić information content (AvgIpc) is 3.21. The average molecular weight is 491 g/mol. The van der Waals surface area contributed by atoms with Crippen molar-refractivity contribution < 1.29 is 31.5 Å². The molecule has 178 valence electrons. The zero-order chi connectivity index (χ0) is 24.5. The smallest absolute Gasteiger partial charge is 0.475 e. The van der Waals surface area contributed by atoms with Crippen LogP contribution in [0.3, 0.4) is 0 Å². The number of halogens is 3. The molecule has 4 aromatic rings. The van der Waals surface area contributed by atoms with Crippen LogP contribution in [0, 0.1) is 0 Å². The SMILES string of the molecule is O=C(O)C(F)(F)F.O=S(=O)(c1ccc2ccccc2c1)n1ccc2c(CN3CCC3)cccc21. The van der Waals surface area contributed by atoms with Gasteiger partial charge in [0.25, 0.3) is 10.0 Å². The molecule has 0 unspecified atom stereocenters. The first-order valence-corrected chi connectivity index (χ1v) is 11.9. The molecule has 0 bridgehead atoms. The normalized spacial score (nSPS) is 14.4. The molecule has 0 saturated carbocycles. The van der Waals surface area contributed by atoms with Gasteiger partial charge in [-0.05, 0) is 60.1 Å². The van der Waals surface area contributed by atoms with E-state index in [9.17, 15) is 21.6 Å². The summed E-state index contributed by atoms with van der Waals surface area (Å²) in [4.78, 5) is 11.6. The van der Waals surface area contributed by atoms with Crippen LogP contribution in [0.5, 0.6) is 0 Å². The lowest BCUT2D eigenvalue weighted by Gasteiger charge is -2.30. The van der Waals surface area contributed by atoms with Gasteiger partial charge in [0.2, 0.25) is 0 Å². The summed E-state index contributed by atoms with van der Waals surface area (Å²) in [5.74, 6) is -2.76. The highest BCUT2D eigenvalue weighted by Gasteiger charge is 2.38. The van der Waals surface area contributed by atoms with Crippen LogP contribution in [0.4, 0.5) is 13.2 Å². The van der Waals surface area contributed by atoms with Crippen molar-refractivity contribution in [3.63, 3.8) is 0 Å². The Morgan fingerprint density at radius 3 is 2.24 bits per heavy atom. The van der Waals surface area contributed by atoms with Gasteiger partial charge in [0.15, 0.2) is 0 Å². The standard InChI is InChI=1S/C22H20N2O2S.C2HF3O2/c25-27(26,20-10-9-17-5-1-2-6-18(17)15-20)24-14-11-21-19(7-3-8-22(21)24)16-23-12-4-13-23;3-2(4,5)1(6)7/h1-3,5-11,14-15H,4,12-13,16H2;(H,6,7). The van der Waals surface area contributed by atoms with Gasteiger partial charge in [-0.2, -0.15) is 13.2 Å². The number of fused-ring (bicyclic) bond motifs is 2. The molecule has 10 heteroatoms. The van der Waals surface area contributed by atoms with Crippen molar-refractivity contribution in [1.82, 2.24) is 8.87 Å². The molecule has 3 aromatic carbocycles. The minimum Gasteiger partial charge on any atom is -0.475 e. The van der Waals surface area contributed by atoms with Crippen molar-refractivity contribution >= 4 is 37.7 Å². The summed E-state index contributed by atoms with van der Waals surface area (Å²) in [5, 5.41) is 10.1. The molecule has 0 atom stereocenters. The summed E-state index contributed by atoms with van der Waals surface area (Å²) in [7, 11) is -3.65.